The van der Waals surface area contributed by atoms with Crippen molar-refractivity contribution in [3.05, 3.63) is 34.5 Å². The van der Waals surface area contributed by atoms with Gasteiger partial charge >= 0.3 is 0 Å². The minimum atomic E-state index is -1.80. The number of fused-ring (bicyclic) bond motifs is 1. The van der Waals surface area contributed by atoms with Crippen LogP contribution in [0.1, 0.15) is 6.92 Å². The van der Waals surface area contributed by atoms with Gasteiger partial charge in [0.05, 0.1) is 6.10 Å². The normalized spacial score (nSPS) is 25.3. The van der Waals surface area contributed by atoms with Crippen LogP contribution < -0.4 is 10.2 Å². The molecule has 3 aromatic rings. The topological polar surface area (TPSA) is 211 Å². The standard InChI is InChI=1S/C21H20O12/c1-6-10(23)13(26)17(30)21(31-6)33-20-12(25)9-11(24)14(27)15(28)16(29)19(9)32-18(20)7-2-4-8(22)5-3-7/h2-6,10,13,17,21-24,26-30H,1H3/t6-,10-,13+,17+,21-/m0/s1. The summed E-state index contributed by atoms with van der Waals surface area (Å²) in [6.45, 7) is 1.39. The molecule has 0 saturated carbocycles. The highest BCUT2D eigenvalue weighted by atomic mass is 16.7. The van der Waals surface area contributed by atoms with Gasteiger partial charge in [0.15, 0.2) is 17.1 Å². The van der Waals surface area contributed by atoms with Gasteiger partial charge in [-0.15, -0.1) is 0 Å². The second-order valence-corrected chi connectivity index (χ2v) is 7.53. The Morgan fingerprint density at radius 2 is 1.42 bits per heavy atom. The van der Waals surface area contributed by atoms with Gasteiger partial charge in [0, 0.05) is 5.56 Å². The van der Waals surface area contributed by atoms with Crippen LogP contribution in [0.5, 0.6) is 34.5 Å². The van der Waals surface area contributed by atoms with Gasteiger partial charge < -0.3 is 54.7 Å². The third kappa shape index (κ3) is 3.54. The zero-order valence-corrected chi connectivity index (χ0v) is 16.9. The van der Waals surface area contributed by atoms with E-state index < -0.39 is 75.9 Å². The Labute approximate surface area is 184 Å². The Bertz CT molecular complexity index is 1270. The molecule has 1 aliphatic heterocycles. The molecule has 0 radical (unpaired) electrons. The Morgan fingerprint density at radius 1 is 0.818 bits per heavy atom. The van der Waals surface area contributed by atoms with E-state index in [1.165, 1.54) is 31.2 Å². The first-order valence-electron chi connectivity index (χ1n) is 9.65. The van der Waals surface area contributed by atoms with Crippen LogP contribution in [0.25, 0.3) is 22.3 Å². The maximum Gasteiger partial charge on any atom is 0.239 e. The Morgan fingerprint density at radius 3 is 2.06 bits per heavy atom. The highest BCUT2D eigenvalue weighted by Crippen LogP contribution is 2.49. The highest BCUT2D eigenvalue weighted by molar-refractivity contribution is 5.95. The predicted molar refractivity (Wildman–Crippen MR) is 109 cm³/mol. The summed E-state index contributed by atoms with van der Waals surface area (Å²) in [6.07, 6.45) is -7.59. The van der Waals surface area contributed by atoms with E-state index in [9.17, 15) is 45.6 Å². The van der Waals surface area contributed by atoms with Crippen molar-refractivity contribution in [1.82, 2.24) is 0 Å². The highest BCUT2D eigenvalue weighted by Gasteiger charge is 2.44. The smallest absolute Gasteiger partial charge is 0.239 e. The largest absolute Gasteiger partial charge is 0.508 e. The van der Waals surface area contributed by atoms with Crippen LogP contribution in [0.15, 0.2) is 33.5 Å². The molecular weight excluding hydrogens is 444 g/mol. The molecule has 8 N–H and O–H groups in total. The first kappa shape index (κ1) is 22.5. The number of phenolic OH excluding ortho intramolecular Hbond substituents is 5. The molecule has 1 aromatic heterocycles. The molecule has 0 aliphatic carbocycles. The third-order valence-electron chi connectivity index (χ3n) is 5.37. The fraction of sp³-hybridized carbons (Fsp3) is 0.286. The predicted octanol–water partition coefficient (Wildman–Crippen LogP) is 0.194. The summed E-state index contributed by atoms with van der Waals surface area (Å²) in [5.41, 5.74) is -1.68. The summed E-state index contributed by atoms with van der Waals surface area (Å²) in [6, 6.07) is 5.15. The number of hydrogen-bond donors (Lipinski definition) is 8. The molecule has 2 aromatic carbocycles. The molecule has 1 aliphatic rings. The molecule has 4 rings (SSSR count). The number of ether oxygens (including phenoxy) is 2. The van der Waals surface area contributed by atoms with Crippen LogP contribution in [-0.4, -0.2) is 71.6 Å². The molecular formula is C21H20O12. The molecule has 176 valence electrons. The molecule has 0 amide bonds. The molecule has 12 nitrogen and oxygen atoms in total. The van der Waals surface area contributed by atoms with Gasteiger partial charge in [-0.25, -0.2) is 0 Å². The molecule has 12 heteroatoms. The summed E-state index contributed by atoms with van der Waals surface area (Å²) in [5.74, 6) is -5.61. The molecule has 0 unspecified atom stereocenters. The maximum absolute atomic E-state index is 13.3. The lowest BCUT2D eigenvalue weighted by molar-refractivity contribution is -0.268. The van der Waals surface area contributed by atoms with Crippen molar-refractivity contribution < 1.29 is 54.7 Å². The van der Waals surface area contributed by atoms with Crippen molar-refractivity contribution >= 4 is 11.0 Å². The van der Waals surface area contributed by atoms with Gasteiger partial charge in [-0.3, -0.25) is 4.79 Å². The average Bonchev–Trinajstić information content (AvgIpc) is 2.79. The van der Waals surface area contributed by atoms with Crippen molar-refractivity contribution in [3.63, 3.8) is 0 Å². The number of aliphatic hydroxyl groups is 3. The zero-order valence-electron chi connectivity index (χ0n) is 16.9. The lowest BCUT2D eigenvalue weighted by Gasteiger charge is -2.38. The Hall–Kier alpha value is -3.71. The van der Waals surface area contributed by atoms with Crippen LogP contribution in [0.4, 0.5) is 0 Å². The van der Waals surface area contributed by atoms with Crippen molar-refractivity contribution in [2.24, 2.45) is 0 Å². The summed E-state index contributed by atoms with van der Waals surface area (Å²) >= 11 is 0. The maximum atomic E-state index is 13.3. The van der Waals surface area contributed by atoms with E-state index >= 15 is 0 Å². The van der Waals surface area contributed by atoms with E-state index in [0.717, 1.165) is 0 Å². The molecule has 5 atom stereocenters. The van der Waals surface area contributed by atoms with Crippen molar-refractivity contribution in [3.8, 4) is 45.8 Å². The molecule has 33 heavy (non-hydrogen) atoms. The van der Waals surface area contributed by atoms with E-state index in [2.05, 4.69) is 0 Å². The van der Waals surface area contributed by atoms with Crippen molar-refractivity contribution in [2.75, 3.05) is 0 Å². The lowest BCUT2D eigenvalue weighted by Crippen LogP contribution is -2.58. The average molecular weight is 464 g/mol. The Balaban J connectivity index is 1.97. The monoisotopic (exact) mass is 464 g/mol. The number of rotatable bonds is 3. The molecule has 0 spiro atoms. The van der Waals surface area contributed by atoms with Gasteiger partial charge in [0.25, 0.3) is 0 Å². The van der Waals surface area contributed by atoms with Crippen LogP contribution >= 0.6 is 0 Å². The van der Waals surface area contributed by atoms with E-state index in [-0.39, 0.29) is 17.1 Å². The first-order valence-corrected chi connectivity index (χ1v) is 9.65. The second-order valence-electron chi connectivity index (χ2n) is 7.53. The Kier molecular flexibility index (Phi) is 5.46. The lowest BCUT2D eigenvalue weighted by atomic mass is 10.00. The number of benzene rings is 2. The molecule has 1 fully saturated rings. The molecule has 1 saturated heterocycles. The van der Waals surface area contributed by atoms with Crippen molar-refractivity contribution in [2.45, 2.75) is 37.6 Å². The van der Waals surface area contributed by atoms with Gasteiger partial charge in [0.1, 0.15) is 29.4 Å². The van der Waals surface area contributed by atoms with Crippen LogP contribution in [0.2, 0.25) is 0 Å². The number of aliphatic hydroxyl groups excluding tert-OH is 3. The second kappa shape index (κ2) is 8.01. The fourth-order valence-electron chi connectivity index (χ4n) is 3.49. The third-order valence-corrected chi connectivity index (χ3v) is 5.37. The van der Waals surface area contributed by atoms with E-state index in [0.29, 0.717) is 0 Å². The van der Waals surface area contributed by atoms with Crippen LogP contribution in [0.3, 0.4) is 0 Å². The van der Waals surface area contributed by atoms with Crippen LogP contribution in [0, 0.1) is 0 Å². The zero-order chi connectivity index (χ0) is 24.2. The van der Waals surface area contributed by atoms with Crippen LogP contribution in [-0.2, 0) is 4.74 Å². The van der Waals surface area contributed by atoms with Gasteiger partial charge in [-0.2, -0.15) is 0 Å². The minimum absolute atomic E-state index is 0.121. The van der Waals surface area contributed by atoms with Gasteiger partial charge in [-0.1, -0.05) is 0 Å². The summed E-state index contributed by atoms with van der Waals surface area (Å²) < 4.78 is 16.4. The van der Waals surface area contributed by atoms with E-state index in [1.807, 2.05) is 0 Å². The fourth-order valence-corrected chi connectivity index (χ4v) is 3.49. The SMILES string of the molecule is C[C@@H]1O[C@@H](Oc2c(-c3ccc(O)cc3)oc3c(O)c(O)c(O)c(O)c3c2=O)[C@H](O)[C@H](O)[C@H]1O. The molecule has 0 bridgehead atoms. The van der Waals surface area contributed by atoms with Gasteiger partial charge in [0.2, 0.25) is 34.7 Å². The minimum Gasteiger partial charge on any atom is -0.508 e. The number of aromatic hydroxyl groups is 5. The van der Waals surface area contributed by atoms with Crippen molar-refractivity contribution in [1.29, 1.82) is 0 Å². The van der Waals surface area contributed by atoms with E-state index in [4.69, 9.17) is 13.9 Å². The quantitative estimate of drug-likeness (QED) is 0.193. The van der Waals surface area contributed by atoms with Gasteiger partial charge in [-0.05, 0) is 31.2 Å². The first-order chi connectivity index (χ1) is 15.5. The summed E-state index contributed by atoms with van der Waals surface area (Å²) in [7, 11) is 0. The summed E-state index contributed by atoms with van der Waals surface area (Å²) in [5, 5.41) is 79.1. The summed E-state index contributed by atoms with van der Waals surface area (Å²) in [4.78, 5) is 13.3. The molecule has 2 heterocycles. The number of hydrogen-bond acceptors (Lipinski definition) is 12. The van der Waals surface area contributed by atoms with E-state index in [1.54, 1.807) is 0 Å². The number of phenols is 5.